The Kier molecular flexibility index (Phi) is 5.22. The van der Waals surface area contributed by atoms with Gasteiger partial charge in [0.25, 0.3) is 0 Å². The summed E-state index contributed by atoms with van der Waals surface area (Å²) in [6, 6.07) is 6.34. The standard InChI is InChI=1S/C20H26N4OS/c1-15-21-17(14-26-15)13-23-9-11-24(12-10-23)20(25)22-19-8-4-6-16-5-2-3-7-18(16)19/h4,6,8,14H,2-3,5,7,9-13H2,1H3,(H,22,25). The molecular weight excluding hydrogens is 344 g/mol. The summed E-state index contributed by atoms with van der Waals surface area (Å²) in [7, 11) is 0. The largest absolute Gasteiger partial charge is 0.322 e. The SMILES string of the molecule is Cc1nc(CN2CCN(C(=O)Nc3cccc4c3CCCC4)CC2)cs1. The molecule has 2 aromatic rings. The van der Waals surface area contributed by atoms with Crippen molar-refractivity contribution in [3.8, 4) is 0 Å². The number of benzene rings is 1. The van der Waals surface area contributed by atoms with Crippen LogP contribution in [0, 0.1) is 6.92 Å². The summed E-state index contributed by atoms with van der Waals surface area (Å²) in [5.74, 6) is 0. The van der Waals surface area contributed by atoms with Gasteiger partial charge in [0.15, 0.2) is 0 Å². The predicted octanol–water partition coefficient (Wildman–Crippen LogP) is 3.68. The minimum atomic E-state index is 0.0353. The number of fused-ring (bicyclic) bond motifs is 1. The second-order valence-corrected chi connectivity index (χ2v) is 8.26. The highest BCUT2D eigenvalue weighted by Crippen LogP contribution is 2.28. The maximum atomic E-state index is 12.7. The average molecular weight is 371 g/mol. The zero-order chi connectivity index (χ0) is 17.9. The van der Waals surface area contributed by atoms with E-state index >= 15 is 0 Å². The molecule has 5 nitrogen and oxygen atoms in total. The minimum absolute atomic E-state index is 0.0353. The van der Waals surface area contributed by atoms with Gasteiger partial charge in [0.1, 0.15) is 0 Å². The topological polar surface area (TPSA) is 48.5 Å². The Bertz CT molecular complexity index is 780. The molecular formula is C20H26N4OS. The second-order valence-electron chi connectivity index (χ2n) is 7.20. The van der Waals surface area contributed by atoms with Gasteiger partial charge in [0.2, 0.25) is 0 Å². The number of nitrogens with one attached hydrogen (secondary N) is 1. The van der Waals surface area contributed by atoms with Gasteiger partial charge in [-0.2, -0.15) is 0 Å². The number of nitrogens with zero attached hydrogens (tertiary/aromatic N) is 3. The van der Waals surface area contributed by atoms with Crippen molar-refractivity contribution >= 4 is 23.1 Å². The van der Waals surface area contributed by atoms with Gasteiger partial charge >= 0.3 is 6.03 Å². The molecule has 2 heterocycles. The highest BCUT2D eigenvalue weighted by Gasteiger charge is 2.23. The Morgan fingerprint density at radius 3 is 2.77 bits per heavy atom. The number of carbonyl (C=O) groups is 1. The maximum Gasteiger partial charge on any atom is 0.321 e. The van der Waals surface area contributed by atoms with Gasteiger partial charge in [-0.05, 0) is 49.8 Å². The number of amides is 2. The van der Waals surface area contributed by atoms with Crippen LogP contribution in [0.25, 0.3) is 0 Å². The molecule has 1 N–H and O–H groups in total. The van der Waals surface area contributed by atoms with Gasteiger partial charge in [-0.3, -0.25) is 4.90 Å². The number of rotatable bonds is 3. The lowest BCUT2D eigenvalue weighted by Gasteiger charge is -2.34. The van der Waals surface area contributed by atoms with Crippen LogP contribution in [0.1, 0.15) is 34.7 Å². The fourth-order valence-electron chi connectivity index (χ4n) is 3.91. The molecule has 4 rings (SSSR count). The molecule has 2 amide bonds. The third-order valence-electron chi connectivity index (χ3n) is 5.35. The van der Waals surface area contributed by atoms with Crippen LogP contribution < -0.4 is 5.32 Å². The van der Waals surface area contributed by atoms with Crippen molar-refractivity contribution in [2.24, 2.45) is 0 Å². The molecule has 0 spiro atoms. The van der Waals surface area contributed by atoms with Crippen LogP contribution in [0.5, 0.6) is 0 Å². The fraction of sp³-hybridized carbons (Fsp3) is 0.500. The fourth-order valence-corrected chi connectivity index (χ4v) is 4.52. The van der Waals surface area contributed by atoms with E-state index in [9.17, 15) is 4.79 Å². The van der Waals surface area contributed by atoms with Crippen LogP contribution in [-0.2, 0) is 19.4 Å². The highest BCUT2D eigenvalue weighted by molar-refractivity contribution is 7.09. The Morgan fingerprint density at radius 1 is 1.19 bits per heavy atom. The molecule has 0 saturated carbocycles. The molecule has 0 unspecified atom stereocenters. The van der Waals surface area contributed by atoms with Crippen molar-refractivity contribution in [1.82, 2.24) is 14.8 Å². The average Bonchev–Trinajstić information content (AvgIpc) is 3.07. The second kappa shape index (κ2) is 7.76. The number of urea groups is 1. The monoisotopic (exact) mass is 370 g/mol. The normalized spacial score (nSPS) is 17.8. The van der Waals surface area contributed by atoms with Crippen molar-refractivity contribution in [2.75, 3.05) is 31.5 Å². The molecule has 0 radical (unpaired) electrons. The van der Waals surface area contributed by atoms with E-state index in [0.29, 0.717) is 0 Å². The van der Waals surface area contributed by atoms with Gasteiger partial charge in [-0.15, -0.1) is 11.3 Å². The van der Waals surface area contributed by atoms with E-state index in [-0.39, 0.29) is 6.03 Å². The minimum Gasteiger partial charge on any atom is -0.322 e. The van der Waals surface area contributed by atoms with E-state index in [0.717, 1.165) is 62.0 Å². The maximum absolute atomic E-state index is 12.7. The van der Waals surface area contributed by atoms with E-state index in [2.05, 4.69) is 32.7 Å². The quantitative estimate of drug-likeness (QED) is 0.897. The smallest absolute Gasteiger partial charge is 0.321 e. The van der Waals surface area contributed by atoms with Crippen LogP contribution in [0.15, 0.2) is 23.6 Å². The number of aryl methyl sites for hydroxylation is 2. The number of hydrogen-bond donors (Lipinski definition) is 1. The van der Waals surface area contributed by atoms with E-state index < -0.39 is 0 Å². The molecule has 0 bridgehead atoms. The summed E-state index contributed by atoms with van der Waals surface area (Å²) in [6.07, 6.45) is 4.68. The summed E-state index contributed by atoms with van der Waals surface area (Å²) in [4.78, 5) is 21.6. The molecule has 1 aromatic heterocycles. The molecule has 1 fully saturated rings. The van der Waals surface area contributed by atoms with Gasteiger partial charge in [0.05, 0.1) is 10.7 Å². The lowest BCUT2D eigenvalue weighted by Crippen LogP contribution is -2.49. The number of anilines is 1. The molecule has 1 aliphatic heterocycles. The molecule has 0 atom stereocenters. The summed E-state index contributed by atoms with van der Waals surface area (Å²) in [6.45, 7) is 6.26. The van der Waals surface area contributed by atoms with E-state index in [1.54, 1.807) is 11.3 Å². The summed E-state index contributed by atoms with van der Waals surface area (Å²) < 4.78 is 0. The zero-order valence-corrected chi connectivity index (χ0v) is 16.1. The van der Waals surface area contributed by atoms with Crippen LogP contribution in [0.4, 0.5) is 10.5 Å². The Balaban J connectivity index is 1.33. The van der Waals surface area contributed by atoms with Gasteiger partial charge < -0.3 is 10.2 Å². The van der Waals surface area contributed by atoms with Crippen LogP contribution in [0.3, 0.4) is 0 Å². The summed E-state index contributed by atoms with van der Waals surface area (Å²) in [5, 5.41) is 6.41. The number of piperazine rings is 1. The van der Waals surface area contributed by atoms with Crippen molar-refractivity contribution in [3.05, 3.63) is 45.4 Å². The summed E-state index contributed by atoms with van der Waals surface area (Å²) in [5.41, 5.74) is 4.89. The first kappa shape index (κ1) is 17.5. The molecule has 1 aliphatic carbocycles. The van der Waals surface area contributed by atoms with Gasteiger partial charge in [-0.25, -0.2) is 9.78 Å². The first-order chi connectivity index (χ1) is 12.7. The number of thiazole rings is 1. The molecule has 6 heteroatoms. The molecule has 1 aromatic carbocycles. The van der Waals surface area contributed by atoms with Crippen LogP contribution in [0.2, 0.25) is 0 Å². The van der Waals surface area contributed by atoms with E-state index in [4.69, 9.17) is 0 Å². The van der Waals surface area contributed by atoms with Crippen molar-refractivity contribution in [3.63, 3.8) is 0 Å². The van der Waals surface area contributed by atoms with Gasteiger partial charge in [0, 0.05) is 43.8 Å². The first-order valence-electron chi connectivity index (χ1n) is 9.49. The Morgan fingerprint density at radius 2 is 2.00 bits per heavy atom. The number of carbonyl (C=O) groups excluding carboxylic acids is 1. The summed E-state index contributed by atoms with van der Waals surface area (Å²) >= 11 is 1.70. The third-order valence-corrected chi connectivity index (χ3v) is 6.17. The first-order valence-corrected chi connectivity index (χ1v) is 10.4. The molecule has 26 heavy (non-hydrogen) atoms. The van der Waals surface area contributed by atoms with Crippen molar-refractivity contribution in [2.45, 2.75) is 39.2 Å². The predicted molar refractivity (Wildman–Crippen MR) is 106 cm³/mol. The molecule has 2 aliphatic rings. The van der Waals surface area contributed by atoms with Crippen molar-refractivity contribution in [1.29, 1.82) is 0 Å². The lowest BCUT2D eigenvalue weighted by molar-refractivity contribution is 0.142. The number of aromatic nitrogens is 1. The third kappa shape index (κ3) is 3.91. The lowest BCUT2D eigenvalue weighted by atomic mass is 9.90. The van der Waals surface area contributed by atoms with Crippen LogP contribution >= 0.6 is 11.3 Å². The number of hydrogen-bond acceptors (Lipinski definition) is 4. The van der Waals surface area contributed by atoms with E-state index in [1.807, 2.05) is 17.9 Å². The molecule has 138 valence electrons. The van der Waals surface area contributed by atoms with Gasteiger partial charge in [-0.1, -0.05) is 12.1 Å². The van der Waals surface area contributed by atoms with Crippen molar-refractivity contribution < 1.29 is 4.79 Å². The zero-order valence-electron chi connectivity index (χ0n) is 15.3. The molecule has 1 saturated heterocycles. The Hall–Kier alpha value is -1.92. The van der Waals surface area contributed by atoms with Crippen LogP contribution in [-0.4, -0.2) is 47.0 Å². The Labute approximate surface area is 159 Å². The van der Waals surface area contributed by atoms with E-state index in [1.165, 1.54) is 24.0 Å². The highest BCUT2D eigenvalue weighted by atomic mass is 32.1.